The number of hydrogen-bond acceptors (Lipinski definition) is 4. The fourth-order valence-corrected chi connectivity index (χ4v) is 4.70. The largest absolute Gasteiger partial charge is 0.493 e. The molecule has 0 aromatic heterocycles. The average molecular weight is 491 g/mol. The van der Waals surface area contributed by atoms with Crippen molar-refractivity contribution in [3.05, 3.63) is 87.9 Å². The number of Topliss-reactive ketones (excluding diaryl/α,β-unsaturated/α-hetero) is 1. The summed E-state index contributed by atoms with van der Waals surface area (Å²) < 4.78 is 12.0. The Labute approximate surface area is 209 Å². The van der Waals surface area contributed by atoms with Crippen LogP contribution in [-0.2, 0) is 11.2 Å². The Kier molecular flexibility index (Phi) is 6.78. The van der Waals surface area contributed by atoms with E-state index < -0.39 is 11.9 Å². The molecule has 1 unspecified atom stereocenters. The Morgan fingerprint density at radius 1 is 0.971 bits per heavy atom. The van der Waals surface area contributed by atoms with E-state index in [1.54, 1.807) is 12.1 Å². The van der Waals surface area contributed by atoms with Gasteiger partial charge in [-0.3, -0.25) is 9.59 Å². The highest BCUT2D eigenvalue weighted by Gasteiger charge is 2.33. The molecule has 1 heterocycles. The molecule has 35 heavy (non-hydrogen) atoms. The van der Waals surface area contributed by atoms with Gasteiger partial charge in [0.2, 0.25) is 0 Å². The van der Waals surface area contributed by atoms with Crippen molar-refractivity contribution in [2.24, 2.45) is 0 Å². The normalized spacial score (nSPS) is 16.8. The number of aryl methyl sites for hydroxylation is 1. The van der Waals surface area contributed by atoms with Crippen molar-refractivity contribution in [2.75, 3.05) is 6.61 Å². The van der Waals surface area contributed by atoms with Gasteiger partial charge in [-0.1, -0.05) is 23.7 Å². The molecule has 0 spiro atoms. The fourth-order valence-electron chi connectivity index (χ4n) is 4.58. The van der Waals surface area contributed by atoms with Crippen LogP contribution in [0.4, 0.5) is 0 Å². The number of aliphatic carboxylic acids is 1. The maximum atomic E-state index is 12.6. The monoisotopic (exact) mass is 490 g/mol. The number of carboxylic acids is 1. The molecule has 1 aliphatic heterocycles. The Balaban J connectivity index is 1.25. The molecule has 2 aliphatic rings. The van der Waals surface area contributed by atoms with E-state index in [-0.39, 0.29) is 5.78 Å². The van der Waals surface area contributed by atoms with Gasteiger partial charge in [-0.05, 0) is 91.6 Å². The number of ketones is 1. The zero-order valence-corrected chi connectivity index (χ0v) is 20.1. The second kappa shape index (κ2) is 10.1. The number of rotatable bonds is 9. The molecule has 0 saturated heterocycles. The number of carboxylic acid groups (broad SMARTS) is 1. The molecule has 1 atom stereocenters. The van der Waals surface area contributed by atoms with Gasteiger partial charge in [-0.2, -0.15) is 0 Å². The molecule has 1 fully saturated rings. The molecule has 5 nitrogen and oxygen atoms in total. The van der Waals surface area contributed by atoms with Crippen molar-refractivity contribution < 1.29 is 24.2 Å². The molecule has 6 heteroatoms. The van der Waals surface area contributed by atoms with Crippen LogP contribution < -0.4 is 9.47 Å². The van der Waals surface area contributed by atoms with E-state index in [9.17, 15) is 14.7 Å². The zero-order valence-electron chi connectivity index (χ0n) is 19.3. The summed E-state index contributed by atoms with van der Waals surface area (Å²) in [6.07, 6.45) is 4.69. The van der Waals surface area contributed by atoms with Crippen molar-refractivity contribution in [1.82, 2.24) is 0 Å². The molecule has 180 valence electrons. The number of benzene rings is 3. The van der Waals surface area contributed by atoms with Gasteiger partial charge in [0, 0.05) is 28.6 Å². The summed E-state index contributed by atoms with van der Waals surface area (Å²) in [6, 6.07) is 18.7. The first-order valence-corrected chi connectivity index (χ1v) is 12.4. The quantitative estimate of drug-likeness (QED) is 0.322. The summed E-state index contributed by atoms with van der Waals surface area (Å²) in [4.78, 5) is 24.3. The van der Waals surface area contributed by atoms with Crippen molar-refractivity contribution in [3.8, 4) is 17.2 Å². The van der Waals surface area contributed by atoms with Gasteiger partial charge in [0.15, 0.2) is 5.78 Å². The highest BCUT2D eigenvalue weighted by atomic mass is 35.5. The van der Waals surface area contributed by atoms with Crippen LogP contribution in [0.25, 0.3) is 0 Å². The number of hydrogen-bond donors (Lipinski definition) is 1. The molecular formula is C29H27ClO5. The lowest BCUT2D eigenvalue weighted by Gasteiger charge is -2.25. The van der Waals surface area contributed by atoms with E-state index in [0.29, 0.717) is 53.2 Å². The van der Waals surface area contributed by atoms with Crippen LogP contribution in [0.15, 0.2) is 60.7 Å². The Morgan fingerprint density at radius 2 is 1.71 bits per heavy atom. The number of carbonyl (C=O) groups is 2. The summed E-state index contributed by atoms with van der Waals surface area (Å²) in [6.45, 7) is 0.376. The fraction of sp³-hybridized carbons (Fsp3) is 0.310. The van der Waals surface area contributed by atoms with Gasteiger partial charge >= 0.3 is 5.97 Å². The van der Waals surface area contributed by atoms with E-state index in [2.05, 4.69) is 0 Å². The summed E-state index contributed by atoms with van der Waals surface area (Å²) in [5.74, 6) is 1.03. The van der Waals surface area contributed by atoms with Gasteiger partial charge in [0.1, 0.15) is 17.2 Å². The Bertz CT molecular complexity index is 1230. The Hall–Kier alpha value is -3.31. The summed E-state index contributed by atoms with van der Waals surface area (Å²) in [7, 11) is 0. The maximum absolute atomic E-state index is 12.6. The second-order valence-corrected chi connectivity index (χ2v) is 9.70. The van der Waals surface area contributed by atoms with Crippen LogP contribution in [-0.4, -0.2) is 23.5 Å². The minimum absolute atomic E-state index is 0.103. The first-order chi connectivity index (χ1) is 17.0. The molecule has 1 N–H and O–H groups in total. The van der Waals surface area contributed by atoms with E-state index in [1.165, 1.54) is 5.56 Å². The lowest BCUT2D eigenvalue weighted by molar-refractivity contribution is -0.139. The number of ether oxygens (including phenoxy) is 2. The summed E-state index contributed by atoms with van der Waals surface area (Å²) in [5.41, 5.74) is 3.59. The smallest absolute Gasteiger partial charge is 0.311 e. The van der Waals surface area contributed by atoms with Crippen LogP contribution in [0.2, 0.25) is 5.02 Å². The van der Waals surface area contributed by atoms with Crippen molar-refractivity contribution in [1.29, 1.82) is 0 Å². The zero-order chi connectivity index (χ0) is 24.4. The predicted octanol–water partition coefficient (Wildman–Crippen LogP) is 7.17. The topological polar surface area (TPSA) is 72.8 Å². The number of halogens is 1. The predicted molar refractivity (Wildman–Crippen MR) is 134 cm³/mol. The molecule has 5 rings (SSSR count). The van der Waals surface area contributed by atoms with E-state index in [0.717, 1.165) is 36.8 Å². The third kappa shape index (κ3) is 5.51. The third-order valence-corrected chi connectivity index (χ3v) is 6.94. The van der Waals surface area contributed by atoms with Crippen LogP contribution in [0, 0.1) is 0 Å². The van der Waals surface area contributed by atoms with Gasteiger partial charge in [-0.25, -0.2) is 0 Å². The molecule has 0 amide bonds. The van der Waals surface area contributed by atoms with Crippen molar-refractivity contribution >= 4 is 23.4 Å². The van der Waals surface area contributed by atoms with Crippen LogP contribution in [0.3, 0.4) is 0 Å². The lowest BCUT2D eigenvalue weighted by atomic mass is 9.90. The van der Waals surface area contributed by atoms with E-state index >= 15 is 0 Å². The van der Waals surface area contributed by atoms with Crippen LogP contribution in [0.1, 0.15) is 71.0 Å². The Morgan fingerprint density at radius 3 is 2.40 bits per heavy atom. The molecule has 0 bridgehead atoms. The third-order valence-electron chi connectivity index (χ3n) is 6.68. The molecule has 0 radical (unpaired) electrons. The number of carbonyl (C=O) groups excluding carboxylic acids is 1. The van der Waals surface area contributed by atoms with Crippen molar-refractivity contribution in [2.45, 2.75) is 50.4 Å². The maximum Gasteiger partial charge on any atom is 0.311 e. The second-order valence-electron chi connectivity index (χ2n) is 9.26. The molecule has 1 aliphatic carbocycles. The van der Waals surface area contributed by atoms with Gasteiger partial charge in [0.25, 0.3) is 0 Å². The van der Waals surface area contributed by atoms with Gasteiger partial charge < -0.3 is 14.6 Å². The first-order valence-electron chi connectivity index (χ1n) is 12.1. The lowest BCUT2D eigenvalue weighted by Crippen LogP contribution is -2.21. The summed E-state index contributed by atoms with van der Waals surface area (Å²) >= 11 is 5.92. The first kappa shape index (κ1) is 23.4. The van der Waals surface area contributed by atoms with E-state index in [4.69, 9.17) is 21.1 Å². The van der Waals surface area contributed by atoms with E-state index in [1.807, 2.05) is 48.5 Å². The van der Waals surface area contributed by atoms with Gasteiger partial charge in [-0.15, -0.1) is 0 Å². The SMILES string of the molecule is O=C(CCCc1ccc(Cl)cc1)c1ccc(Oc2cc3c(cc2C2CC2)C(C(=O)O)CCO3)cc1. The van der Waals surface area contributed by atoms with Crippen LogP contribution in [0.5, 0.6) is 17.2 Å². The minimum atomic E-state index is -0.821. The highest BCUT2D eigenvalue weighted by molar-refractivity contribution is 6.30. The van der Waals surface area contributed by atoms with Crippen LogP contribution >= 0.6 is 11.6 Å². The molecule has 3 aromatic rings. The summed E-state index contributed by atoms with van der Waals surface area (Å²) in [5, 5.41) is 10.3. The van der Waals surface area contributed by atoms with Gasteiger partial charge in [0.05, 0.1) is 12.5 Å². The molecular weight excluding hydrogens is 464 g/mol. The van der Waals surface area contributed by atoms with Crippen molar-refractivity contribution in [3.63, 3.8) is 0 Å². The molecule has 3 aromatic carbocycles. The standard InChI is InChI=1S/C29H27ClO5/c30-21-10-4-18(5-11-21)2-1-3-26(31)20-8-12-22(13-9-20)35-28-17-27-25(16-24(28)19-6-7-19)23(29(32)33)14-15-34-27/h4-5,8-13,16-17,19,23H,1-3,6-7,14-15H2,(H,32,33). The average Bonchev–Trinajstić information content (AvgIpc) is 3.70. The molecule has 1 saturated carbocycles. The highest BCUT2D eigenvalue weighted by Crippen LogP contribution is 2.49. The minimum Gasteiger partial charge on any atom is -0.493 e. The number of fused-ring (bicyclic) bond motifs is 1.